The second-order valence-corrected chi connectivity index (χ2v) is 14.1. The Kier molecular flexibility index (Phi) is 16.4. The minimum atomic E-state index is -0.792. The summed E-state index contributed by atoms with van der Waals surface area (Å²) in [7, 11) is 0. The van der Waals surface area contributed by atoms with E-state index in [1.807, 2.05) is 80.6 Å². The normalized spacial score (nSPS) is 16.7. The highest BCUT2D eigenvalue weighted by atomic mass is 16.8. The van der Waals surface area contributed by atoms with E-state index in [1.54, 1.807) is 0 Å². The van der Waals surface area contributed by atoms with E-state index in [0.29, 0.717) is 64.5 Å². The first kappa shape index (κ1) is 39.5. The number of rotatable bonds is 20. The highest BCUT2D eigenvalue weighted by molar-refractivity contribution is 5.87. The zero-order valence-electron chi connectivity index (χ0n) is 30.2. The van der Waals surface area contributed by atoms with Crippen LogP contribution in [0.25, 0.3) is 0 Å². The molecule has 1 aliphatic rings. The Balaban J connectivity index is 1.64. The highest BCUT2D eigenvalue weighted by Gasteiger charge is 2.49. The van der Waals surface area contributed by atoms with E-state index in [2.05, 4.69) is 40.5 Å². The first-order valence-corrected chi connectivity index (χ1v) is 18.4. The molecule has 10 heteroatoms. The molecule has 3 amide bonds. The van der Waals surface area contributed by atoms with Crippen molar-refractivity contribution in [3.63, 3.8) is 0 Å². The first-order valence-electron chi connectivity index (χ1n) is 18.4. The molecule has 2 unspecified atom stereocenters. The van der Waals surface area contributed by atoms with Crippen LogP contribution in [0.4, 0.5) is 4.79 Å². The van der Waals surface area contributed by atoms with Crippen LogP contribution < -0.4 is 22.1 Å². The highest BCUT2D eigenvalue weighted by Crippen LogP contribution is 2.47. The monoisotopic (exact) mass is 700 g/mol. The van der Waals surface area contributed by atoms with E-state index in [4.69, 9.17) is 20.2 Å². The molecule has 0 bridgehead atoms. The fourth-order valence-corrected chi connectivity index (χ4v) is 7.22. The second-order valence-electron chi connectivity index (χ2n) is 14.1. The van der Waals surface area contributed by atoms with Crippen LogP contribution in [0.3, 0.4) is 0 Å². The quantitative estimate of drug-likeness (QED) is 0.0441. The summed E-state index contributed by atoms with van der Waals surface area (Å²) in [4.78, 5) is 46.8. The smallest absolute Gasteiger partial charge is 0.407 e. The molecule has 51 heavy (non-hydrogen) atoms. The number of ether oxygens (including phenoxy) is 2. The third kappa shape index (κ3) is 13.1. The van der Waals surface area contributed by atoms with Crippen LogP contribution >= 0.6 is 0 Å². The molecule has 5 N–H and O–H groups in total. The number of amides is 3. The zero-order valence-corrected chi connectivity index (χ0v) is 30.2. The van der Waals surface area contributed by atoms with Gasteiger partial charge in [0.15, 0.2) is 6.29 Å². The Morgan fingerprint density at radius 3 is 2.10 bits per heavy atom. The number of carbonyl (C=O) groups excluding carboxylic acids is 3. The Morgan fingerprint density at radius 1 is 0.843 bits per heavy atom. The molecule has 276 valence electrons. The number of nitrogens with two attached hydrogens (primary N) is 1. The summed E-state index contributed by atoms with van der Waals surface area (Å²) < 4.78 is 11.2. The maximum Gasteiger partial charge on any atom is 0.407 e. The number of hydroxylamine groups is 1. The van der Waals surface area contributed by atoms with Crippen molar-refractivity contribution in [2.75, 3.05) is 13.2 Å². The van der Waals surface area contributed by atoms with Crippen molar-refractivity contribution in [3.8, 4) is 0 Å². The minimum absolute atomic E-state index is 0.111. The SMILES string of the molecule is CC(C)C[C@@H](C(=O)NN)[C@H](C(=O)NOC1CCCCO1)C(CCCCNC(=O)OCc1ccccc1)(CCc1ccccc1)Cc1ccccc1. The van der Waals surface area contributed by atoms with Gasteiger partial charge in [-0.25, -0.2) is 21.0 Å². The van der Waals surface area contributed by atoms with E-state index < -0.39 is 29.6 Å². The van der Waals surface area contributed by atoms with Crippen LogP contribution in [-0.4, -0.2) is 37.3 Å². The van der Waals surface area contributed by atoms with Crippen molar-refractivity contribution >= 4 is 17.9 Å². The van der Waals surface area contributed by atoms with Gasteiger partial charge in [-0.1, -0.05) is 111 Å². The number of hydrogen-bond acceptors (Lipinski definition) is 7. The molecule has 1 aliphatic heterocycles. The minimum Gasteiger partial charge on any atom is -0.445 e. The van der Waals surface area contributed by atoms with E-state index in [1.165, 1.54) is 0 Å². The maximum absolute atomic E-state index is 14.7. The molecule has 3 aromatic carbocycles. The zero-order chi connectivity index (χ0) is 36.3. The van der Waals surface area contributed by atoms with Gasteiger partial charge in [-0.05, 0) is 79.4 Å². The van der Waals surface area contributed by atoms with Crippen molar-refractivity contribution in [1.29, 1.82) is 0 Å². The fourth-order valence-electron chi connectivity index (χ4n) is 7.22. The lowest BCUT2D eigenvalue weighted by Crippen LogP contribution is -2.53. The van der Waals surface area contributed by atoms with Crippen LogP contribution in [0.15, 0.2) is 91.0 Å². The summed E-state index contributed by atoms with van der Waals surface area (Å²) in [5, 5.41) is 2.88. The molecule has 0 aromatic heterocycles. The van der Waals surface area contributed by atoms with Gasteiger partial charge < -0.3 is 14.8 Å². The number of hydrogen-bond donors (Lipinski definition) is 4. The maximum atomic E-state index is 14.7. The number of alkyl carbamates (subject to hydrolysis) is 1. The Hall–Kier alpha value is -4.25. The molecule has 0 spiro atoms. The van der Waals surface area contributed by atoms with Crippen LogP contribution in [-0.2, 0) is 43.3 Å². The van der Waals surface area contributed by atoms with Crippen molar-refractivity contribution < 1.29 is 28.7 Å². The number of benzene rings is 3. The van der Waals surface area contributed by atoms with E-state index in [-0.39, 0.29) is 24.3 Å². The molecule has 1 fully saturated rings. The summed E-state index contributed by atoms with van der Waals surface area (Å²) in [5.41, 5.74) is 7.58. The summed E-state index contributed by atoms with van der Waals surface area (Å²) in [6.45, 7) is 5.26. The second kappa shape index (κ2) is 21.2. The molecule has 1 saturated heterocycles. The van der Waals surface area contributed by atoms with Gasteiger partial charge in [0, 0.05) is 19.6 Å². The van der Waals surface area contributed by atoms with Crippen LogP contribution in [0.1, 0.15) is 81.9 Å². The standard InChI is InChI=1S/C41H56N4O6/c1-31(2)28-35(38(46)44-42)37(39(47)45-51-36-22-12-15-27-49-36)41(29-33-18-8-4-9-19-33,25-23-32-16-6-3-7-17-32)24-13-14-26-43-40(48)50-30-34-20-10-5-11-21-34/h3-11,16-21,31,35-37H,12-15,22-30,42H2,1-2H3,(H,43,48)(H,44,46)(H,45,47)/t35-,36?,37-,41?/m1/s1. The van der Waals surface area contributed by atoms with Crippen molar-refractivity contribution in [2.24, 2.45) is 29.0 Å². The largest absolute Gasteiger partial charge is 0.445 e. The molecule has 4 rings (SSSR count). The van der Waals surface area contributed by atoms with Gasteiger partial charge in [-0.15, -0.1) is 0 Å². The summed E-state index contributed by atoms with van der Waals surface area (Å²) in [6.07, 6.45) is 5.83. The first-order chi connectivity index (χ1) is 24.8. The van der Waals surface area contributed by atoms with Crippen LogP contribution in [0.5, 0.6) is 0 Å². The number of aryl methyl sites for hydroxylation is 1. The van der Waals surface area contributed by atoms with Crippen molar-refractivity contribution in [3.05, 3.63) is 108 Å². The lowest BCUT2D eigenvalue weighted by Gasteiger charge is -2.44. The molecule has 3 aromatic rings. The average molecular weight is 701 g/mol. The lowest BCUT2D eigenvalue weighted by molar-refractivity contribution is -0.205. The van der Waals surface area contributed by atoms with Crippen LogP contribution in [0.2, 0.25) is 0 Å². The number of hydrazine groups is 1. The van der Waals surface area contributed by atoms with Gasteiger partial charge in [0.1, 0.15) is 6.61 Å². The predicted molar refractivity (Wildman–Crippen MR) is 197 cm³/mol. The number of carbonyl (C=O) groups is 3. The fraction of sp³-hybridized carbons (Fsp3) is 0.488. The average Bonchev–Trinajstić information content (AvgIpc) is 3.16. The predicted octanol–water partition coefficient (Wildman–Crippen LogP) is 6.79. The van der Waals surface area contributed by atoms with Gasteiger partial charge >= 0.3 is 6.09 Å². The summed E-state index contributed by atoms with van der Waals surface area (Å²) in [5.74, 6) is 3.69. The van der Waals surface area contributed by atoms with Gasteiger partial charge in [0.25, 0.3) is 0 Å². The van der Waals surface area contributed by atoms with Gasteiger partial charge in [-0.3, -0.25) is 15.0 Å². The van der Waals surface area contributed by atoms with Crippen LogP contribution in [0, 0.1) is 23.2 Å². The summed E-state index contributed by atoms with van der Waals surface area (Å²) >= 11 is 0. The van der Waals surface area contributed by atoms with Crippen molar-refractivity contribution in [1.82, 2.24) is 16.2 Å². The molecule has 4 atom stereocenters. The molecule has 0 aliphatic carbocycles. The third-order valence-corrected chi connectivity index (χ3v) is 9.71. The molecular weight excluding hydrogens is 644 g/mol. The lowest BCUT2D eigenvalue weighted by atomic mass is 9.59. The molecule has 1 heterocycles. The summed E-state index contributed by atoms with van der Waals surface area (Å²) in [6, 6.07) is 29.9. The van der Waals surface area contributed by atoms with Gasteiger partial charge in [0.05, 0.1) is 11.8 Å². The molecule has 10 nitrogen and oxygen atoms in total. The molecule has 0 radical (unpaired) electrons. The van der Waals surface area contributed by atoms with Gasteiger partial charge in [-0.2, -0.15) is 0 Å². The van der Waals surface area contributed by atoms with E-state index in [9.17, 15) is 14.4 Å². The molecule has 0 saturated carbocycles. The van der Waals surface area contributed by atoms with Gasteiger partial charge in [0.2, 0.25) is 11.8 Å². The third-order valence-electron chi connectivity index (χ3n) is 9.71. The Bertz CT molecular complexity index is 1450. The van der Waals surface area contributed by atoms with Crippen molar-refractivity contribution in [2.45, 2.75) is 91.0 Å². The molecular formula is C41H56N4O6. The number of unbranched alkanes of at least 4 members (excludes halogenated alkanes) is 1. The Labute approximate surface area is 303 Å². The topological polar surface area (TPSA) is 141 Å². The Morgan fingerprint density at radius 2 is 1.49 bits per heavy atom. The van der Waals surface area contributed by atoms with E-state index in [0.717, 1.165) is 29.5 Å². The van der Waals surface area contributed by atoms with E-state index >= 15 is 0 Å². The number of nitrogens with one attached hydrogen (secondary N) is 3.